The Balaban J connectivity index is 1.56. The number of thiocarbonyl (C=S) groups is 1. The third-order valence-corrected chi connectivity index (χ3v) is 6.13. The molecule has 1 unspecified atom stereocenters. The highest BCUT2D eigenvalue weighted by Crippen LogP contribution is 2.30. The topological polar surface area (TPSA) is 61.9 Å². The van der Waals surface area contributed by atoms with E-state index in [9.17, 15) is 14.0 Å². The van der Waals surface area contributed by atoms with Crippen LogP contribution < -0.4 is 15.0 Å². The van der Waals surface area contributed by atoms with Crippen molar-refractivity contribution in [3.63, 3.8) is 0 Å². The van der Waals surface area contributed by atoms with Gasteiger partial charge in [0.25, 0.3) is 5.91 Å². The van der Waals surface area contributed by atoms with Crippen LogP contribution in [0.3, 0.4) is 0 Å². The van der Waals surface area contributed by atoms with Crippen LogP contribution in [0.15, 0.2) is 72.8 Å². The summed E-state index contributed by atoms with van der Waals surface area (Å²) in [4.78, 5) is 29.5. The van der Waals surface area contributed by atoms with E-state index in [4.69, 9.17) is 28.6 Å². The molecule has 1 N–H and O–H groups in total. The summed E-state index contributed by atoms with van der Waals surface area (Å²) in [7, 11) is 0. The van der Waals surface area contributed by atoms with Gasteiger partial charge in [0.1, 0.15) is 17.6 Å². The first-order valence-electron chi connectivity index (χ1n) is 11.0. The predicted molar refractivity (Wildman–Crippen MR) is 138 cm³/mol. The lowest BCUT2D eigenvalue weighted by atomic mass is 10.1. The van der Waals surface area contributed by atoms with Gasteiger partial charge in [-0.3, -0.25) is 14.5 Å². The molecule has 1 heterocycles. The number of nitrogens with zero attached hydrogens (tertiary/aromatic N) is 2. The number of carbonyl (C=O) groups excluding carboxylic acids is 2. The van der Waals surface area contributed by atoms with E-state index in [1.54, 1.807) is 65.6 Å². The monoisotopic (exact) mass is 511 g/mol. The van der Waals surface area contributed by atoms with Crippen molar-refractivity contribution in [2.75, 3.05) is 16.8 Å². The van der Waals surface area contributed by atoms with Crippen LogP contribution in [0.4, 0.5) is 15.8 Å². The van der Waals surface area contributed by atoms with E-state index in [1.807, 2.05) is 6.92 Å². The standard InChI is InChI=1S/C26H23ClFN3O3S/c1-2-34-22-12-10-20(11-13-22)29-24(32)15-23-25(33)31(21-5-3-4-18(27)14-21)26(35)30(23)16-17-6-8-19(28)9-7-17/h3-14,23H,2,15-16H2,1H3,(H,29,32). The van der Waals surface area contributed by atoms with Gasteiger partial charge in [0.15, 0.2) is 5.11 Å². The predicted octanol–water partition coefficient (Wildman–Crippen LogP) is 5.41. The van der Waals surface area contributed by atoms with Crippen molar-refractivity contribution < 1.29 is 18.7 Å². The van der Waals surface area contributed by atoms with Gasteiger partial charge in [0, 0.05) is 17.3 Å². The van der Waals surface area contributed by atoms with E-state index >= 15 is 0 Å². The van der Waals surface area contributed by atoms with Crippen LogP contribution in [0.5, 0.6) is 5.75 Å². The molecule has 180 valence electrons. The second kappa shape index (κ2) is 10.8. The highest BCUT2D eigenvalue weighted by atomic mass is 35.5. The van der Waals surface area contributed by atoms with Crippen molar-refractivity contribution in [3.8, 4) is 5.75 Å². The number of benzene rings is 3. The van der Waals surface area contributed by atoms with Crippen LogP contribution >= 0.6 is 23.8 Å². The molecular weight excluding hydrogens is 489 g/mol. The van der Waals surface area contributed by atoms with E-state index in [0.29, 0.717) is 28.8 Å². The molecule has 0 radical (unpaired) electrons. The number of ether oxygens (including phenoxy) is 1. The van der Waals surface area contributed by atoms with Crippen molar-refractivity contribution in [1.29, 1.82) is 0 Å². The Labute approximate surface area is 213 Å². The summed E-state index contributed by atoms with van der Waals surface area (Å²) in [5.74, 6) is -0.335. The lowest BCUT2D eigenvalue weighted by Gasteiger charge is -2.24. The van der Waals surface area contributed by atoms with Gasteiger partial charge >= 0.3 is 0 Å². The van der Waals surface area contributed by atoms with E-state index in [0.717, 1.165) is 5.56 Å². The quantitative estimate of drug-likeness (QED) is 0.410. The number of amides is 2. The maximum atomic E-state index is 13.5. The number of rotatable bonds is 8. The lowest BCUT2D eigenvalue weighted by Crippen LogP contribution is -2.37. The smallest absolute Gasteiger partial charge is 0.256 e. The van der Waals surface area contributed by atoms with E-state index < -0.39 is 6.04 Å². The first kappa shape index (κ1) is 24.6. The summed E-state index contributed by atoms with van der Waals surface area (Å²) in [5.41, 5.74) is 1.86. The Morgan fingerprint density at radius 1 is 1.11 bits per heavy atom. The Bertz CT molecular complexity index is 1240. The largest absolute Gasteiger partial charge is 0.494 e. The first-order chi connectivity index (χ1) is 16.9. The van der Waals surface area contributed by atoms with Gasteiger partial charge in [-0.1, -0.05) is 29.8 Å². The first-order valence-corrected chi connectivity index (χ1v) is 11.8. The molecule has 1 atom stereocenters. The molecule has 1 aliphatic heterocycles. The molecule has 1 aliphatic rings. The van der Waals surface area contributed by atoms with E-state index in [1.165, 1.54) is 17.0 Å². The molecular formula is C26H23ClFN3O3S. The molecule has 3 aromatic rings. The van der Waals surface area contributed by atoms with Gasteiger partial charge in [-0.25, -0.2) is 4.39 Å². The summed E-state index contributed by atoms with van der Waals surface area (Å²) < 4.78 is 18.8. The summed E-state index contributed by atoms with van der Waals surface area (Å²) in [6.45, 7) is 2.68. The van der Waals surface area contributed by atoms with Crippen LogP contribution in [-0.4, -0.2) is 34.5 Å². The Morgan fingerprint density at radius 2 is 1.83 bits per heavy atom. The van der Waals surface area contributed by atoms with Crippen LogP contribution in [0, 0.1) is 5.82 Å². The average Bonchev–Trinajstić information content (AvgIpc) is 3.05. The Hall–Kier alpha value is -3.49. The molecule has 2 amide bonds. The summed E-state index contributed by atoms with van der Waals surface area (Å²) in [6, 6.07) is 18.9. The van der Waals surface area contributed by atoms with Gasteiger partial charge in [-0.05, 0) is 79.3 Å². The number of nitrogens with one attached hydrogen (secondary N) is 1. The fraction of sp³-hybridized carbons (Fsp3) is 0.192. The zero-order valence-electron chi connectivity index (χ0n) is 18.9. The minimum atomic E-state index is -0.839. The number of hydrogen-bond donors (Lipinski definition) is 1. The minimum absolute atomic E-state index is 0.121. The zero-order chi connectivity index (χ0) is 24.9. The molecule has 35 heavy (non-hydrogen) atoms. The molecule has 6 nitrogen and oxygen atoms in total. The molecule has 9 heteroatoms. The zero-order valence-corrected chi connectivity index (χ0v) is 20.5. The van der Waals surface area contributed by atoms with Crippen molar-refractivity contribution in [2.45, 2.75) is 25.9 Å². The molecule has 4 rings (SSSR count). The molecule has 3 aromatic carbocycles. The van der Waals surface area contributed by atoms with Crippen LogP contribution in [-0.2, 0) is 16.1 Å². The Kier molecular flexibility index (Phi) is 7.63. The highest BCUT2D eigenvalue weighted by Gasteiger charge is 2.44. The third kappa shape index (κ3) is 5.78. The maximum Gasteiger partial charge on any atom is 0.256 e. The summed E-state index contributed by atoms with van der Waals surface area (Å²) in [5, 5.41) is 3.53. The molecule has 0 aliphatic carbocycles. The lowest BCUT2D eigenvalue weighted by molar-refractivity contribution is -0.124. The van der Waals surface area contributed by atoms with Crippen molar-refractivity contribution >= 4 is 52.1 Å². The molecule has 1 fully saturated rings. The molecule has 0 spiro atoms. The van der Waals surface area contributed by atoms with Crippen molar-refractivity contribution in [2.24, 2.45) is 0 Å². The number of hydrogen-bond acceptors (Lipinski definition) is 4. The van der Waals surface area contributed by atoms with Gasteiger partial charge in [-0.15, -0.1) is 0 Å². The fourth-order valence-electron chi connectivity index (χ4n) is 3.84. The third-order valence-electron chi connectivity index (χ3n) is 5.48. The van der Waals surface area contributed by atoms with Gasteiger partial charge in [0.05, 0.1) is 18.7 Å². The second-order valence-electron chi connectivity index (χ2n) is 7.92. The van der Waals surface area contributed by atoms with Crippen molar-refractivity contribution in [1.82, 2.24) is 4.90 Å². The number of carbonyl (C=O) groups is 2. The summed E-state index contributed by atoms with van der Waals surface area (Å²) in [6.07, 6.45) is -0.121. The summed E-state index contributed by atoms with van der Waals surface area (Å²) >= 11 is 11.8. The van der Waals surface area contributed by atoms with E-state index in [-0.39, 0.29) is 35.7 Å². The number of halogens is 2. The van der Waals surface area contributed by atoms with Gasteiger partial charge in [0.2, 0.25) is 5.91 Å². The van der Waals surface area contributed by atoms with Crippen LogP contribution in [0.2, 0.25) is 5.02 Å². The Morgan fingerprint density at radius 3 is 2.49 bits per heavy atom. The highest BCUT2D eigenvalue weighted by molar-refractivity contribution is 7.80. The fourth-order valence-corrected chi connectivity index (χ4v) is 4.41. The second-order valence-corrected chi connectivity index (χ2v) is 8.72. The van der Waals surface area contributed by atoms with Gasteiger partial charge in [-0.2, -0.15) is 0 Å². The molecule has 1 saturated heterocycles. The average molecular weight is 512 g/mol. The minimum Gasteiger partial charge on any atom is -0.494 e. The van der Waals surface area contributed by atoms with Crippen LogP contribution in [0.25, 0.3) is 0 Å². The SMILES string of the molecule is CCOc1ccc(NC(=O)CC2C(=O)N(c3cccc(Cl)c3)C(=S)N2Cc2ccc(F)cc2)cc1. The van der Waals surface area contributed by atoms with Crippen molar-refractivity contribution in [3.05, 3.63) is 89.2 Å². The number of anilines is 2. The van der Waals surface area contributed by atoms with Gasteiger partial charge < -0.3 is 15.0 Å². The normalized spacial score (nSPS) is 15.5. The molecule has 0 aromatic heterocycles. The van der Waals surface area contributed by atoms with E-state index in [2.05, 4.69) is 5.32 Å². The molecule has 0 bridgehead atoms. The maximum absolute atomic E-state index is 13.5. The van der Waals surface area contributed by atoms with Crippen LogP contribution in [0.1, 0.15) is 18.9 Å². The molecule has 0 saturated carbocycles.